The van der Waals surface area contributed by atoms with Gasteiger partial charge in [0.1, 0.15) is 5.82 Å². The molecule has 1 fully saturated rings. The minimum Gasteiger partial charge on any atom is -0.396 e. The van der Waals surface area contributed by atoms with E-state index in [4.69, 9.17) is 5.11 Å². The second-order valence-electron chi connectivity index (χ2n) is 4.71. The molecule has 0 saturated heterocycles. The third-order valence-corrected chi connectivity index (χ3v) is 3.27. The molecule has 1 saturated carbocycles. The Hall–Kier alpha value is -0.930. The lowest BCUT2D eigenvalue weighted by atomic mass is 10.1. The van der Waals surface area contributed by atoms with Gasteiger partial charge in [-0.25, -0.2) is 4.39 Å². The van der Waals surface area contributed by atoms with E-state index in [2.05, 4.69) is 5.32 Å². The fraction of sp³-hybridized carbons (Fsp3) is 0.538. The summed E-state index contributed by atoms with van der Waals surface area (Å²) in [6.45, 7) is 1.99. The van der Waals surface area contributed by atoms with Crippen LogP contribution in [0.25, 0.3) is 0 Å². The molecule has 0 radical (unpaired) electrons. The second kappa shape index (κ2) is 4.93. The zero-order chi connectivity index (χ0) is 11.4. The summed E-state index contributed by atoms with van der Waals surface area (Å²) in [5.74, 6) is -0.175. The monoisotopic (exact) mass is 223 g/mol. The summed E-state index contributed by atoms with van der Waals surface area (Å²) in [4.78, 5) is 0. The van der Waals surface area contributed by atoms with Crippen LogP contribution in [-0.4, -0.2) is 24.8 Å². The van der Waals surface area contributed by atoms with Gasteiger partial charge in [0.2, 0.25) is 0 Å². The normalized spacial score (nSPS) is 17.4. The van der Waals surface area contributed by atoms with Crippen molar-refractivity contribution in [2.45, 2.75) is 19.3 Å². The number of halogens is 1. The van der Waals surface area contributed by atoms with Gasteiger partial charge in [0, 0.05) is 18.6 Å². The van der Waals surface area contributed by atoms with Gasteiger partial charge in [-0.15, -0.1) is 0 Å². The Bertz CT molecular complexity index is 350. The van der Waals surface area contributed by atoms with Crippen molar-refractivity contribution in [2.24, 2.45) is 5.41 Å². The molecule has 2 rings (SSSR count). The number of benzene rings is 1. The maximum Gasteiger partial charge on any atom is 0.123 e. The molecule has 2 N–H and O–H groups in total. The lowest BCUT2D eigenvalue weighted by Crippen LogP contribution is -2.28. The maximum absolute atomic E-state index is 12.9. The van der Waals surface area contributed by atoms with Crippen molar-refractivity contribution in [3.05, 3.63) is 35.6 Å². The summed E-state index contributed by atoms with van der Waals surface area (Å²) >= 11 is 0. The predicted molar refractivity (Wildman–Crippen MR) is 61.7 cm³/mol. The molecule has 0 heterocycles. The van der Waals surface area contributed by atoms with E-state index in [1.165, 1.54) is 6.07 Å². The van der Waals surface area contributed by atoms with Gasteiger partial charge in [-0.05, 0) is 43.5 Å². The predicted octanol–water partition coefficient (Wildman–Crippen LogP) is 1.73. The highest BCUT2D eigenvalue weighted by molar-refractivity contribution is 5.16. The van der Waals surface area contributed by atoms with Gasteiger partial charge >= 0.3 is 0 Å². The van der Waals surface area contributed by atoms with Crippen molar-refractivity contribution >= 4 is 0 Å². The van der Waals surface area contributed by atoms with E-state index in [9.17, 15) is 4.39 Å². The number of hydrogen-bond acceptors (Lipinski definition) is 2. The first-order valence-electron chi connectivity index (χ1n) is 5.80. The van der Waals surface area contributed by atoms with Crippen LogP contribution in [0.1, 0.15) is 18.4 Å². The highest BCUT2D eigenvalue weighted by atomic mass is 19.1. The van der Waals surface area contributed by atoms with Gasteiger partial charge in [-0.1, -0.05) is 12.1 Å². The first-order valence-corrected chi connectivity index (χ1v) is 5.80. The summed E-state index contributed by atoms with van der Waals surface area (Å²) in [5.41, 5.74) is 1.17. The van der Waals surface area contributed by atoms with Crippen LogP contribution in [-0.2, 0) is 6.42 Å². The largest absolute Gasteiger partial charge is 0.396 e. The van der Waals surface area contributed by atoms with Gasteiger partial charge in [0.05, 0.1) is 0 Å². The molecule has 1 aromatic carbocycles. The number of aliphatic hydroxyl groups is 1. The van der Waals surface area contributed by atoms with Gasteiger partial charge in [-0.3, -0.25) is 0 Å². The van der Waals surface area contributed by atoms with Crippen molar-refractivity contribution in [2.75, 3.05) is 19.7 Å². The fourth-order valence-corrected chi connectivity index (χ4v) is 1.85. The Morgan fingerprint density at radius 2 is 2.19 bits per heavy atom. The molecule has 0 spiro atoms. The molecule has 1 aliphatic carbocycles. The minimum absolute atomic E-state index is 0.155. The number of aliphatic hydroxyl groups excluding tert-OH is 1. The topological polar surface area (TPSA) is 32.3 Å². The average molecular weight is 223 g/mol. The first-order chi connectivity index (χ1) is 7.74. The molecule has 1 aliphatic rings. The molecule has 0 amide bonds. The molecule has 0 atom stereocenters. The summed E-state index contributed by atoms with van der Waals surface area (Å²) in [6.07, 6.45) is 3.08. The maximum atomic E-state index is 12.9. The Kier molecular flexibility index (Phi) is 3.56. The minimum atomic E-state index is -0.175. The smallest absolute Gasteiger partial charge is 0.123 e. The van der Waals surface area contributed by atoms with Crippen molar-refractivity contribution in [1.82, 2.24) is 5.32 Å². The van der Waals surface area contributed by atoms with E-state index in [1.807, 2.05) is 6.07 Å². The average Bonchev–Trinajstić information content (AvgIpc) is 3.05. The number of hydrogen-bond donors (Lipinski definition) is 2. The highest BCUT2D eigenvalue weighted by Gasteiger charge is 2.41. The molecule has 3 heteroatoms. The summed E-state index contributed by atoms with van der Waals surface area (Å²) in [6, 6.07) is 6.70. The molecule has 1 aromatic rings. The van der Waals surface area contributed by atoms with Crippen LogP contribution >= 0.6 is 0 Å². The highest BCUT2D eigenvalue weighted by Crippen LogP contribution is 2.44. The van der Waals surface area contributed by atoms with Crippen LogP contribution in [0.3, 0.4) is 0 Å². The SMILES string of the molecule is OCC1(CNCCc2cccc(F)c2)CC1. The van der Waals surface area contributed by atoms with Crippen LogP contribution in [0.5, 0.6) is 0 Å². The van der Waals surface area contributed by atoms with Crippen LogP contribution in [0.15, 0.2) is 24.3 Å². The standard InChI is InChI=1S/C13H18FNO/c14-12-3-1-2-11(8-12)4-7-15-9-13(10-16)5-6-13/h1-3,8,15-16H,4-7,9-10H2. The van der Waals surface area contributed by atoms with E-state index in [0.29, 0.717) is 0 Å². The molecule has 88 valence electrons. The summed E-state index contributed by atoms with van der Waals surface area (Å²) < 4.78 is 12.9. The van der Waals surface area contributed by atoms with E-state index in [1.54, 1.807) is 12.1 Å². The lowest BCUT2D eigenvalue weighted by Gasteiger charge is -2.12. The molecular formula is C13H18FNO. The van der Waals surface area contributed by atoms with E-state index in [0.717, 1.165) is 37.9 Å². The van der Waals surface area contributed by atoms with Gasteiger partial charge in [0.25, 0.3) is 0 Å². The van der Waals surface area contributed by atoms with Gasteiger partial charge in [-0.2, -0.15) is 0 Å². The van der Waals surface area contributed by atoms with Crippen LogP contribution in [0.4, 0.5) is 4.39 Å². The van der Waals surface area contributed by atoms with E-state index >= 15 is 0 Å². The molecule has 0 aliphatic heterocycles. The number of rotatable bonds is 6. The number of nitrogens with one attached hydrogen (secondary N) is 1. The molecule has 0 unspecified atom stereocenters. The Balaban J connectivity index is 1.68. The molecule has 16 heavy (non-hydrogen) atoms. The van der Waals surface area contributed by atoms with Crippen LogP contribution < -0.4 is 5.32 Å². The molecule has 2 nitrogen and oxygen atoms in total. The van der Waals surface area contributed by atoms with Gasteiger partial charge in [0.15, 0.2) is 0 Å². The van der Waals surface area contributed by atoms with Crippen molar-refractivity contribution in [3.63, 3.8) is 0 Å². The van der Waals surface area contributed by atoms with Crippen molar-refractivity contribution in [3.8, 4) is 0 Å². The van der Waals surface area contributed by atoms with E-state index < -0.39 is 0 Å². The Morgan fingerprint density at radius 3 is 2.81 bits per heavy atom. The third kappa shape index (κ3) is 3.03. The van der Waals surface area contributed by atoms with Gasteiger partial charge < -0.3 is 10.4 Å². The Labute approximate surface area is 95.5 Å². The molecular weight excluding hydrogens is 205 g/mol. The Morgan fingerprint density at radius 1 is 1.38 bits per heavy atom. The van der Waals surface area contributed by atoms with Crippen molar-refractivity contribution in [1.29, 1.82) is 0 Å². The first kappa shape index (κ1) is 11.6. The van der Waals surface area contributed by atoms with Crippen LogP contribution in [0, 0.1) is 11.2 Å². The fourth-order valence-electron chi connectivity index (χ4n) is 1.85. The zero-order valence-corrected chi connectivity index (χ0v) is 9.38. The van der Waals surface area contributed by atoms with Crippen molar-refractivity contribution < 1.29 is 9.50 Å². The lowest BCUT2D eigenvalue weighted by molar-refractivity contribution is 0.208. The van der Waals surface area contributed by atoms with E-state index in [-0.39, 0.29) is 17.8 Å². The second-order valence-corrected chi connectivity index (χ2v) is 4.71. The summed E-state index contributed by atoms with van der Waals surface area (Å²) in [5, 5.41) is 12.4. The quantitative estimate of drug-likeness (QED) is 0.720. The van der Waals surface area contributed by atoms with Crippen LogP contribution in [0.2, 0.25) is 0 Å². The molecule has 0 aromatic heterocycles. The molecule has 0 bridgehead atoms. The third-order valence-electron chi connectivity index (χ3n) is 3.27. The summed E-state index contributed by atoms with van der Waals surface area (Å²) in [7, 11) is 0. The zero-order valence-electron chi connectivity index (χ0n) is 9.38.